The van der Waals surface area contributed by atoms with Gasteiger partial charge in [0.25, 0.3) is 0 Å². The molecular formula is C9H16ClNO. The Morgan fingerprint density at radius 2 is 2.17 bits per heavy atom. The molecule has 0 bridgehead atoms. The number of amides is 1. The fraction of sp³-hybridized carbons (Fsp3) is 0.889. The maximum Gasteiger partial charge on any atom is 0.240 e. The highest BCUT2D eigenvalue weighted by atomic mass is 35.5. The standard InChI is InChI=1S/C9H16ClNO/c1-7(10)8(12)11-5-4-9(2,3)6-11/h7H,4-6H2,1-3H3. The highest BCUT2D eigenvalue weighted by Crippen LogP contribution is 2.29. The molecule has 70 valence electrons. The lowest BCUT2D eigenvalue weighted by molar-refractivity contribution is -0.129. The van der Waals surface area contributed by atoms with Gasteiger partial charge in [0.2, 0.25) is 5.91 Å². The summed E-state index contributed by atoms with van der Waals surface area (Å²) in [6.45, 7) is 7.80. The first-order chi connectivity index (χ1) is 5.42. The minimum atomic E-state index is -0.376. The van der Waals surface area contributed by atoms with Gasteiger partial charge in [-0.2, -0.15) is 0 Å². The lowest BCUT2D eigenvalue weighted by atomic mass is 9.93. The van der Waals surface area contributed by atoms with Gasteiger partial charge in [0.1, 0.15) is 5.38 Å². The highest BCUT2D eigenvalue weighted by Gasteiger charge is 2.33. The molecule has 1 heterocycles. The van der Waals surface area contributed by atoms with E-state index in [1.807, 2.05) is 4.90 Å². The summed E-state index contributed by atoms with van der Waals surface area (Å²) in [6.07, 6.45) is 1.09. The third-order valence-electron chi connectivity index (χ3n) is 2.33. The van der Waals surface area contributed by atoms with Crippen LogP contribution in [0.1, 0.15) is 27.2 Å². The van der Waals surface area contributed by atoms with Crippen molar-refractivity contribution in [1.82, 2.24) is 4.90 Å². The second kappa shape index (κ2) is 3.25. The SMILES string of the molecule is CC(Cl)C(=O)N1CCC(C)(C)C1. The van der Waals surface area contributed by atoms with Crippen LogP contribution in [0.25, 0.3) is 0 Å². The second-order valence-corrected chi connectivity index (χ2v) is 4.94. The molecule has 0 radical (unpaired) electrons. The summed E-state index contributed by atoms with van der Waals surface area (Å²) in [6, 6.07) is 0. The van der Waals surface area contributed by atoms with Crippen LogP contribution < -0.4 is 0 Å². The normalized spacial score (nSPS) is 24.2. The molecule has 1 atom stereocenters. The Labute approximate surface area is 78.9 Å². The fourth-order valence-corrected chi connectivity index (χ4v) is 1.69. The predicted molar refractivity (Wildman–Crippen MR) is 50.3 cm³/mol. The van der Waals surface area contributed by atoms with Crippen molar-refractivity contribution in [1.29, 1.82) is 0 Å². The average molecular weight is 190 g/mol. The van der Waals surface area contributed by atoms with Crippen molar-refractivity contribution in [3.8, 4) is 0 Å². The number of rotatable bonds is 1. The van der Waals surface area contributed by atoms with Crippen LogP contribution >= 0.6 is 11.6 Å². The molecule has 0 spiro atoms. The molecule has 0 saturated carbocycles. The van der Waals surface area contributed by atoms with Crippen LogP contribution in [0.3, 0.4) is 0 Å². The van der Waals surface area contributed by atoms with Crippen molar-refractivity contribution < 1.29 is 4.79 Å². The van der Waals surface area contributed by atoms with Crippen LogP contribution in [-0.2, 0) is 4.79 Å². The first kappa shape index (κ1) is 9.85. The van der Waals surface area contributed by atoms with Crippen LogP contribution in [-0.4, -0.2) is 29.3 Å². The van der Waals surface area contributed by atoms with Gasteiger partial charge in [-0.25, -0.2) is 0 Å². The summed E-state index contributed by atoms with van der Waals surface area (Å²) in [4.78, 5) is 13.3. The zero-order valence-electron chi connectivity index (χ0n) is 7.93. The highest BCUT2D eigenvalue weighted by molar-refractivity contribution is 6.30. The maximum atomic E-state index is 11.4. The molecule has 1 aliphatic rings. The summed E-state index contributed by atoms with van der Waals surface area (Å²) in [5.41, 5.74) is 0.279. The van der Waals surface area contributed by atoms with Gasteiger partial charge in [-0.05, 0) is 18.8 Å². The molecule has 0 aromatic carbocycles. The van der Waals surface area contributed by atoms with Gasteiger partial charge in [0.05, 0.1) is 0 Å². The number of hydrogen-bond acceptors (Lipinski definition) is 1. The van der Waals surface area contributed by atoms with E-state index in [-0.39, 0.29) is 16.7 Å². The molecule has 0 aliphatic carbocycles. The first-order valence-corrected chi connectivity index (χ1v) is 4.79. The lowest BCUT2D eigenvalue weighted by Gasteiger charge is -2.20. The minimum absolute atomic E-state index is 0.0715. The Kier molecular flexibility index (Phi) is 2.67. The molecule has 1 fully saturated rings. The van der Waals surface area contributed by atoms with Crippen LogP contribution in [0, 0.1) is 5.41 Å². The van der Waals surface area contributed by atoms with E-state index in [1.54, 1.807) is 6.92 Å². The van der Waals surface area contributed by atoms with Gasteiger partial charge >= 0.3 is 0 Å². The number of likely N-dealkylation sites (tertiary alicyclic amines) is 1. The number of alkyl halides is 1. The van der Waals surface area contributed by atoms with Crippen LogP contribution in [0.15, 0.2) is 0 Å². The zero-order chi connectivity index (χ0) is 9.35. The van der Waals surface area contributed by atoms with E-state index in [2.05, 4.69) is 13.8 Å². The van der Waals surface area contributed by atoms with Gasteiger partial charge in [-0.15, -0.1) is 11.6 Å². The Morgan fingerprint density at radius 1 is 1.58 bits per heavy atom. The molecule has 0 N–H and O–H groups in total. The van der Waals surface area contributed by atoms with Crippen LogP contribution in [0.5, 0.6) is 0 Å². The smallest absolute Gasteiger partial charge is 0.240 e. The van der Waals surface area contributed by atoms with Crippen molar-refractivity contribution in [2.45, 2.75) is 32.6 Å². The summed E-state index contributed by atoms with van der Waals surface area (Å²) in [7, 11) is 0. The summed E-state index contributed by atoms with van der Waals surface area (Å²) < 4.78 is 0. The predicted octanol–water partition coefficient (Wildman–Crippen LogP) is 1.87. The molecular weight excluding hydrogens is 174 g/mol. The van der Waals surface area contributed by atoms with Crippen molar-refractivity contribution in [3.63, 3.8) is 0 Å². The van der Waals surface area contributed by atoms with E-state index >= 15 is 0 Å². The van der Waals surface area contributed by atoms with Crippen molar-refractivity contribution in [3.05, 3.63) is 0 Å². The molecule has 0 aromatic heterocycles. The largest absolute Gasteiger partial charge is 0.341 e. The van der Waals surface area contributed by atoms with Crippen LogP contribution in [0.4, 0.5) is 0 Å². The van der Waals surface area contributed by atoms with Gasteiger partial charge < -0.3 is 4.90 Å². The Morgan fingerprint density at radius 3 is 2.50 bits per heavy atom. The second-order valence-electron chi connectivity index (χ2n) is 4.29. The molecule has 1 amide bonds. The van der Waals surface area contributed by atoms with Crippen molar-refractivity contribution >= 4 is 17.5 Å². The van der Waals surface area contributed by atoms with E-state index in [9.17, 15) is 4.79 Å². The van der Waals surface area contributed by atoms with E-state index in [1.165, 1.54) is 0 Å². The average Bonchev–Trinajstić information content (AvgIpc) is 2.28. The molecule has 1 unspecified atom stereocenters. The summed E-state index contributed by atoms with van der Waals surface area (Å²) in [5.74, 6) is 0.0715. The zero-order valence-corrected chi connectivity index (χ0v) is 8.69. The first-order valence-electron chi connectivity index (χ1n) is 4.35. The monoisotopic (exact) mass is 189 g/mol. The van der Waals surface area contributed by atoms with Crippen molar-refractivity contribution in [2.24, 2.45) is 5.41 Å². The molecule has 1 saturated heterocycles. The molecule has 12 heavy (non-hydrogen) atoms. The summed E-state index contributed by atoms with van der Waals surface area (Å²) >= 11 is 5.71. The molecule has 2 nitrogen and oxygen atoms in total. The third-order valence-corrected chi connectivity index (χ3v) is 2.52. The Bertz CT molecular complexity index is 189. The topological polar surface area (TPSA) is 20.3 Å². The Hall–Kier alpha value is -0.240. The van der Waals surface area contributed by atoms with Crippen molar-refractivity contribution in [2.75, 3.05) is 13.1 Å². The summed E-state index contributed by atoms with van der Waals surface area (Å²) in [5, 5.41) is -0.376. The fourth-order valence-electron chi connectivity index (χ4n) is 1.55. The van der Waals surface area contributed by atoms with Gasteiger partial charge in [0, 0.05) is 13.1 Å². The quantitative estimate of drug-likeness (QED) is 0.577. The third kappa shape index (κ3) is 2.13. The van der Waals surface area contributed by atoms with Gasteiger partial charge in [-0.3, -0.25) is 4.79 Å². The molecule has 1 rings (SSSR count). The minimum Gasteiger partial charge on any atom is -0.341 e. The number of carbonyl (C=O) groups is 1. The van der Waals surface area contributed by atoms with E-state index < -0.39 is 0 Å². The molecule has 0 aromatic rings. The van der Waals surface area contributed by atoms with Crippen LogP contribution in [0.2, 0.25) is 0 Å². The van der Waals surface area contributed by atoms with E-state index in [0.717, 1.165) is 19.5 Å². The number of hydrogen-bond donors (Lipinski definition) is 0. The molecule has 1 aliphatic heterocycles. The number of nitrogens with zero attached hydrogens (tertiary/aromatic N) is 1. The van der Waals surface area contributed by atoms with Gasteiger partial charge in [0.15, 0.2) is 0 Å². The number of carbonyl (C=O) groups excluding carboxylic acids is 1. The maximum absolute atomic E-state index is 11.4. The van der Waals surface area contributed by atoms with E-state index in [0.29, 0.717) is 0 Å². The Balaban J connectivity index is 2.53. The van der Waals surface area contributed by atoms with Gasteiger partial charge in [-0.1, -0.05) is 13.8 Å². The van der Waals surface area contributed by atoms with E-state index in [4.69, 9.17) is 11.6 Å². The molecule has 3 heteroatoms. The lowest BCUT2D eigenvalue weighted by Crippen LogP contribution is -2.34. The number of halogens is 1.